The minimum atomic E-state index is -0.929. The van der Waals surface area contributed by atoms with Gasteiger partial charge in [0.25, 0.3) is 0 Å². The molecule has 0 aliphatic rings. The third kappa shape index (κ3) is 2.76. The normalized spacial score (nSPS) is 10.5. The van der Waals surface area contributed by atoms with Gasteiger partial charge in [-0.3, -0.25) is 0 Å². The van der Waals surface area contributed by atoms with Crippen molar-refractivity contribution in [3.63, 3.8) is 0 Å². The average Bonchev–Trinajstić information content (AvgIpc) is 2.73. The number of hydrogen-bond donors (Lipinski definition) is 1. The summed E-state index contributed by atoms with van der Waals surface area (Å²) in [6.45, 7) is 4.04. The monoisotopic (exact) mass is 260 g/mol. The Bertz CT molecular complexity index is 594. The van der Waals surface area contributed by atoms with Crippen molar-refractivity contribution in [2.24, 2.45) is 7.05 Å². The maximum absolute atomic E-state index is 11.0. The van der Waals surface area contributed by atoms with E-state index < -0.39 is 5.97 Å². The third-order valence-corrected chi connectivity index (χ3v) is 2.97. The van der Waals surface area contributed by atoms with Crippen LogP contribution in [0, 0.1) is 13.8 Å². The molecule has 5 nitrogen and oxygen atoms in total. The minimum Gasteiger partial charge on any atom is -0.485 e. The van der Waals surface area contributed by atoms with Gasteiger partial charge in [0.2, 0.25) is 0 Å². The van der Waals surface area contributed by atoms with Crippen LogP contribution in [0.5, 0.6) is 5.75 Å². The highest BCUT2D eigenvalue weighted by atomic mass is 16.5. The van der Waals surface area contributed by atoms with Crippen molar-refractivity contribution in [1.29, 1.82) is 0 Å². The fraction of sp³-hybridized carbons (Fsp3) is 0.286. The molecule has 1 heterocycles. The van der Waals surface area contributed by atoms with Crippen molar-refractivity contribution in [2.75, 3.05) is 0 Å². The first kappa shape index (κ1) is 13.1. The van der Waals surface area contributed by atoms with E-state index in [2.05, 4.69) is 4.98 Å². The maximum atomic E-state index is 11.0. The van der Waals surface area contributed by atoms with Crippen LogP contribution in [-0.2, 0) is 13.7 Å². The summed E-state index contributed by atoms with van der Waals surface area (Å²) < 4.78 is 7.64. The number of imidazole rings is 1. The van der Waals surface area contributed by atoms with Crippen molar-refractivity contribution < 1.29 is 14.6 Å². The van der Waals surface area contributed by atoms with Gasteiger partial charge in [0.05, 0.1) is 5.56 Å². The summed E-state index contributed by atoms with van der Waals surface area (Å²) >= 11 is 0. The van der Waals surface area contributed by atoms with Gasteiger partial charge in [-0.15, -0.1) is 0 Å². The maximum Gasteiger partial charge on any atom is 0.335 e. The molecule has 100 valence electrons. The molecular formula is C14H16N2O3. The van der Waals surface area contributed by atoms with E-state index >= 15 is 0 Å². The van der Waals surface area contributed by atoms with Gasteiger partial charge in [-0.05, 0) is 37.1 Å². The summed E-state index contributed by atoms with van der Waals surface area (Å²) in [7, 11) is 1.90. The molecule has 0 aliphatic heterocycles. The number of carbonyl (C=O) groups is 1. The number of aromatic carboxylic acids is 1. The summed E-state index contributed by atoms with van der Waals surface area (Å²) in [4.78, 5) is 15.1. The first-order valence-electron chi connectivity index (χ1n) is 5.92. The Morgan fingerprint density at radius 2 is 2.00 bits per heavy atom. The lowest BCUT2D eigenvalue weighted by Gasteiger charge is -2.13. The van der Waals surface area contributed by atoms with Crippen LogP contribution in [0.25, 0.3) is 0 Å². The predicted molar refractivity (Wildman–Crippen MR) is 70.4 cm³/mol. The summed E-state index contributed by atoms with van der Waals surface area (Å²) in [5.74, 6) is 0.607. The van der Waals surface area contributed by atoms with Gasteiger partial charge < -0.3 is 14.4 Å². The van der Waals surface area contributed by atoms with Crippen molar-refractivity contribution in [3.05, 3.63) is 47.0 Å². The Labute approximate surface area is 111 Å². The standard InChI is InChI=1S/C14H16N2O3/c1-9-6-11(14(17)18)7-10(2)13(9)19-8-12-15-4-5-16(12)3/h4-7H,8H2,1-3H3,(H,17,18). The molecule has 1 N–H and O–H groups in total. The zero-order valence-electron chi connectivity index (χ0n) is 11.2. The first-order chi connectivity index (χ1) is 8.99. The van der Waals surface area contributed by atoms with E-state index in [0.717, 1.165) is 17.0 Å². The highest BCUT2D eigenvalue weighted by Gasteiger charge is 2.11. The lowest BCUT2D eigenvalue weighted by atomic mass is 10.1. The number of nitrogens with zero attached hydrogens (tertiary/aromatic N) is 2. The van der Waals surface area contributed by atoms with E-state index in [1.54, 1.807) is 18.3 Å². The van der Waals surface area contributed by atoms with Crippen LogP contribution in [0.3, 0.4) is 0 Å². The van der Waals surface area contributed by atoms with E-state index in [4.69, 9.17) is 9.84 Å². The highest BCUT2D eigenvalue weighted by Crippen LogP contribution is 2.25. The largest absolute Gasteiger partial charge is 0.485 e. The molecular weight excluding hydrogens is 244 g/mol. The Hall–Kier alpha value is -2.30. The van der Waals surface area contributed by atoms with Crippen LogP contribution in [0.15, 0.2) is 24.5 Å². The number of ether oxygens (including phenoxy) is 1. The molecule has 2 rings (SSSR count). The number of carboxylic acids is 1. The van der Waals surface area contributed by atoms with Crippen LogP contribution >= 0.6 is 0 Å². The van der Waals surface area contributed by atoms with Crippen molar-refractivity contribution in [3.8, 4) is 5.75 Å². The molecule has 1 aromatic heterocycles. The molecule has 0 fully saturated rings. The molecule has 0 saturated heterocycles. The average molecular weight is 260 g/mol. The molecule has 0 bridgehead atoms. The van der Waals surface area contributed by atoms with Gasteiger partial charge in [-0.1, -0.05) is 0 Å². The number of hydrogen-bond acceptors (Lipinski definition) is 3. The number of benzene rings is 1. The number of aromatic nitrogens is 2. The molecule has 0 amide bonds. The molecule has 0 spiro atoms. The smallest absolute Gasteiger partial charge is 0.335 e. The van der Waals surface area contributed by atoms with Crippen LogP contribution in [0.2, 0.25) is 0 Å². The molecule has 0 atom stereocenters. The lowest BCUT2D eigenvalue weighted by molar-refractivity contribution is 0.0696. The topological polar surface area (TPSA) is 64.3 Å². The molecule has 19 heavy (non-hydrogen) atoms. The third-order valence-electron chi connectivity index (χ3n) is 2.97. The zero-order valence-corrected chi connectivity index (χ0v) is 11.2. The van der Waals surface area contributed by atoms with Crippen LogP contribution in [-0.4, -0.2) is 20.6 Å². The second-order valence-corrected chi connectivity index (χ2v) is 4.49. The van der Waals surface area contributed by atoms with Gasteiger partial charge in [-0.25, -0.2) is 9.78 Å². The fourth-order valence-corrected chi connectivity index (χ4v) is 1.97. The summed E-state index contributed by atoms with van der Waals surface area (Å²) in [6, 6.07) is 3.23. The summed E-state index contributed by atoms with van der Waals surface area (Å²) in [6.07, 6.45) is 3.57. The van der Waals surface area contributed by atoms with E-state index in [1.807, 2.05) is 31.7 Å². The van der Waals surface area contributed by atoms with Crippen LogP contribution in [0.4, 0.5) is 0 Å². The van der Waals surface area contributed by atoms with E-state index in [-0.39, 0.29) is 5.56 Å². The number of carboxylic acid groups (broad SMARTS) is 1. The van der Waals surface area contributed by atoms with Crippen molar-refractivity contribution >= 4 is 5.97 Å². The molecule has 5 heteroatoms. The van der Waals surface area contributed by atoms with Crippen molar-refractivity contribution in [2.45, 2.75) is 20.5 Å². The van der Waals surface area contributed by atoms with Gasteiger partial charge in [0, 0.05) is 19.4 Å². The Morgan fingerprint density at radius 3 is 2.47 bits per heavy atom. The summed E-state index contributed by atoms with van der Waals surface area (Å²) in [5, 5.41) is 8.99. The second-order valence-electron chi connectivity index (χ2n) is 4.49. The number of aryl methyl sites for hydroxylation is 3. The van der Waals surface area contributed by atoms with Crippen LogP contribution < -0.4 is 4.74 Å². The molecule has 2 aromatic rings. The van der Waals surface area contributed by atoms with E-state index in [9.17, 15) is 4.79 Å². The minimum absolute atomic E-state index is 0.277. The predicted octanol–water partition coefficient (Wildman–Crippen LogP) is 2.31. The molecule has 0 unspecified atom stereocenters. The van der Waals surface area contributed by atoms with Crippen LogP contribution in [0.1, 0.15) is 27.3 Å². The van der Waals surface area contributed by atoms with Gasteiger partial charge in [0.1, 0.15) is 18.2 Å². The molecule has 1 aromatic carbocycles. The lowest BCUT2D eigenvalue weighted by Crippen LogP contribution is -2.06. The van der Waals surface area contributed by atoms with Gasteiger partial charge in [0.15, 0.2) is 0 Å². The Morgan fingerprint density at radius 1 is 1.37 bits per heavy atom. The summed E-state index contributed by atoms with van der Waals surface area (Å²) in [5.41, 5.74) is 1.90. The quantitative estimate of drug-likeness (QED) is 0.916. The second kappa shape index (κ2) is 5.14. The molecule has 0 radical (unpaired) electrons. The first-order valence-corrected chi connectivity index (χ1v) is 5.92. The van der Waals surface area contributed by atoms with Gasteiger partial charge >= 0.3 is 5.97 Å². The Balaban J connectivity index is 2.21. The Kier molecular flexibility index (Phi) is 3.55. The van der Waals surface area contributed by atoms with Crippen molar-refractivity contribution in [1.82, 2.24) is 9.55 Å². The fourth-order valence-electron chi connectivity index (χ4n) is 1.97. The SMILES string of the molecule is Cc1cc(C(=O)O)cc(C)c1OCc1nccn1C. The molecule has 0 aliphatic carbocycles. The van der Waals surface area contributed by atoms with Gasteiger partial charge in [-0.2, -0.15) is 0 Å². The van der Waals surface area contributed by atoms with E-state index in [0.29, 0.717) is 12.4 Å². The highest BCUT2D eigenvalue weighted by molar-refractivity contribution is 5.88. The zero-order chi connectivity index (χ0) is 14.0. The molecule has 0 saturated carbocycles. The number of rotatable bonds is 4. The van der Waals surface area contributed by atoms with E-state index in [1.165, 1.54) is 0 Å².